The number of amides is 2. The van der Waals surface area contributed by atoms with Crippen LogP contribution in [0.5, 0.6) is 0 Å². The minimum Gasteiger partial charge on any atom is -0.481 e. The Kier molecular flexibility index (Phi) is 4.86. The van der Waals surface area contributed by atoms with Crippen molar-refractivity contribution in [1.29, 1.82) is 0 Å². The number of hydrogen-bond acceptors (Lipinski definition) is 3. The van der Waals surface area contributed by atoms with Crippen LogP contribution in [0.15, 0.2) is 0 Å². The molecule has 2 amide bonds. The van der Waals surface area contributed by atoms with Gasteiger partial charge in [0.15, 0.2) is 0 Å². The van der Waals surface area contributed by atoms with Gasteiger partial charge in [0.2, 0.25) is 0 Å². The number of carboxylic acids is 1. The first-order valence-electron chi connectivity index (χ1n) is 7.53. The van der Waals surface area contributed by atoms with Crippen molar-refractivity contribution in [3.63, 3.8) is 0 Å². The summed E-state index contributed by atoms with van der Waals surface area (Å²) in [6, 6.07) is -0.243. The number of likely N-dealkylation sites (tertiary alicyclic amines) is 1. The number of nitrogens with zero attached hydrogens (tertiary/aromatic N) is 1. The molecule has 1 saturated heterocycles. The molecule has 0 bridgehead atoms. The molecule has 1 heterocycles. The van der Waals surface area contributed by atoms with Crippen molar-refractivity contribution in [3.8, 4) is 0 Å². The van der Waals surface area contributed by atoms with E-state index in [2.05, 4.69) is 22.5 Å². The fourth-order valence-electron chi connectivity index (χ4n) is 2.99. The van der Waals surface area contributed by atoms with Gasteiger partial charge in [0.25, 0.3) is 0 Å². The van der Waals surface area contributed by atoms with Crippen LogP contribution in [-0.2, 0) is 4.79 Å². The van der Waals surface area contributed by atoms with E-state index in [1.807, 2.05) is 0 Å². The number of aliphatic carboxylic acids is 1. The van der Waals surface area contributed by atoms with Gasteiger partial charge in [-0.2, -0.15) is 0 Å². The molecule has 1 atom stereocenters. The predicted molar refractivity (Wildman–Crippen MR) is 75.5 cm³/mol. The summed E-state index contributed by atoms with van der Waals surface area (Å²) < 4.78 is 0. The van der Waals surface area contributed by atoms with E-state index < -0.39 is 11.4 Å². The lowest BCUT2D eigenvalue weighted by Gasteiger charge is -2.37. The Hall–Kier alpha value is -1.30. The van der Waals surface area contributed by atoms with Crippen LogP contribution in [0.1, 0.15) is 32.6 Å². The quantitative estimate of drug-likeness (QED) is 0.676. The molecule has 1 aliphatic carbocycles. The molecule has 2 rings (SSSR count). The Balaban J connectivity index is 1.65. The molecular formula is C14H25N3O3. The molecule has 6 heteroatoms. The molecule has 0 radical (unpaired) electrons. The van der Waals surface area contributed by atoms with Crippen molar-refractivity contribution < 1.29 is 14.7 Å². The van der Waals surface area contributed by atoms with Crippen molar-refractivity contribution >= 4 is 12.0 Å². The average Bonchev–Trinajstić information content (AvgIpc) is 2.82. The first kappa shape index (κ1) is 15.1. The van der Waals surface area contributed by atoms with Crippen LogP contribution >= 0.6 is 0 Å². The molecule has 0 aromatic carbocycles. The van der Waals surface area contributed by atoms with Crippen LogP contribution in [-0.4, -0.2) is 54.7 Å². The topological polar surface area (TPSA) is 81.7 Å². The minimum absolute atomic E-state index is 0.236. The Bertz CT molecular complexity index is 369. The highest BCUT2D eigenvalue weighted by Crippen LogP contribution is 2.40. The Morgan fingerprint density at radius 2 is 2.10 bits per heavy atom. The molecule has 2 aliphatic rings. The maximum absolute atomic E-state index is 11.7. The third-order valence-corrected chi connectivity index (χ3v) is 4.72. The normalized spacial score (nSPS) is 24.9. The highest BCUT2D eigenvalue weighted by molar-refractivity contribution is 5.78. The van der Waals surface area contributed by atoms with Gasteiger partial charge in [0.05, 0.1) is 5.41 Å². The van der Waals surface area contributed by atoms with Gasteiger partial charge in [-0.15, -0.1) is 0 Å². The molecule has 0 aromatic heterocycles. The molecule has 1 saturated carbocycles. The fraction of sp³-hybridized carbons (Fsp3) is 0.857. The maximum atomic E-state index is 11.7. The van der Waals surface area contributed by atoms with Crippen LogP contribution in [0.3, 0.4) is 0 Å². The number of nitrogens with one attached hydrogen (secondary N) is 2. The summed E-state index contributed by atoms with van der Waals surface area (Å²) in [7, 11) is 0. The van der Waals surface area contributed by atoms with Gasteiger partial charge in [0, 0.05) is 19.6 Å². The highest BCUT2D eigenvalue weighted by Gasteiger charge is 2.44. The number of hydrogen-bond donors (Lipinski definition) is 3. The van der Waals surface area contributed by atoms with E-state index in [0.717, 1.165) is 32.5 Å². The number of carbonyl (C=O) groups excluding carboxylic acids is 1. The minimum atomic E-state index is -0.793. The first-order valence-corrected chi connectivity index (χ1v) is 7.53. The molecule has 6 nitrogen and oxygen atoms in total. The summed E-state index contributed by atoms with van der Waals surface area (Å²) in [6.07, 6.45) is 3.38. The molecule has 1 aliphatic heterocycles. The summed E-state index contributed by atoms with van der Waals surface area (Å²) in [6.45, 7) is 6.25. The summed E-state index contributed by atoms with van der Waals surface area (Å²) in [5, 5.41) is 14.7. The molecular weight excluding hydrogens is 258 g/mol. The summed E-state index contributed by atoms with van der Waals surface area (Å²) in [4.78, 5) is 25.3. The van der Waals surface area contributed by atoms with Crippen LogP contribution in [0.25, 0.3) is 0 Å². The van der Waals surface area contributed by atoms with Crippen LogP contribution < -0.4 is 10.6 Å². The molecule has 0 aromatic rings. The SMILES string of the molecule is CCN1CCC(CNC(=O)NCC2(C(=O)O)CCC2)C1. The molecule has 2 fully saturated rings. The van der Waals surface area contributed by atoms with Gasteiger partial charge in [-0.3, -0.25) is 4.79 Å². The number of rotatable bonds is 6. The summed E-state index contributed by atoms with van der Waals surface area (Å²) >= 11 is 0. The molecule has 20 heavy (non-hydrogen) atoms. The van der Waals surface area contributed by atoms with Crippen molar-refractivity contribution in [2.75, 3.05) is 32.7 Å². The Morgan fingerprint density at radius 3 is 2.60 bits per heavy atom. The average molecular weight is 283 g/mol. The van der Waals surface area contributed by atoms with E-state index >= 15 is 0 Å². The van der Waals surface area contributed by atoms with Gasteiger partial charge in [-0.25, -0.2) is 4.79 Å². The molecule has 114 valence electrons. The van der Waals surface area contributed by atoms with Gasteiger partial charge >= 0.3 is 12.0 Å². The van der Waals surface area contributed by atoms with Gasteiger partial charge < -0.3 is 20.6 Å². The lowest BCUT2D eigenvalue weighted by atomic mass is 9.69. The smallest absolute Gasteiger partial charge is 0.314 e. The summed E-state index contributed by atoms with van der Waals surface area (Å²) in [5.41, 5.74) is -0.719. The standard InChI is InChI=1S/C14H25N3O3/c1-2-17-7-4-11(9-17)8-15-13(20)16-10-14(12(18)19)5-3-6-14/h11H,2-10H2,1H3,(H,18,19)(H2,15,16,20). The van der Waals surface area contributed by atoms with Gasteiger partial charge in [-0.05, 0) is 38.3 Å². The lowest BCUT2D eigenvalue weighted by molar-refractivity contribution is -0.153. The van der Waals surface area contributed by atoms with E-state index in [1.165, 1.54) is 0 Å². The van der Waals surface area contributed by atoms with E-state index in [0.29, 0.717) is 25.3 Å². The van der Waals surface area contributed by atoms with Crippen molar-refractivity contribution in [1.82, 2.24) is 15.5 Å². The summed E-state index contributed by atoms with van der Waals surface area (Å²) in [5.74, 6) is -0.281. The third-order valence-electron chi connectivity index (χ3n) is 4.72. The number of urea groups is 1. The van der Waals surface area contributed by atoms with Crippen LogP contribution in [0, 0.1) is 11.3 Å². The van der Waals surface area contributed by atoms with E-state index in [-0.39, 0.29) is 12.6 Å². The largest absolute Gasteiger partial charge is 0.481 e. The van der Waals surface area contributed by atoms with Crippen LogP contribution in [0.2, 0.25) is 0 Å². The zero-order valence-corrected chi connectivity index (χ0v) is 12.2. The first-order chi connectivity index (χ1) is 9.55. The zero-order valence-electron chi connectivity index (χ0n) is 12.2. The third kappa shape index (κ3) is 3.42. The van der Waals surface area contributed by atoms with Crippen molar-refractivity contribution in [2.24, 2.45) is 11.3 Å². The zero-order chi connectivity index (χ0) is 14.6. The predicted octanol–water partition coefficient (Wildman–Crippen LogP) is 0.882. The molecule has 0 spiro atoms. The molecule has 1 unspecified atom stereocenters. The molecule has 3 N–H and O–H groups in total. The highest BCUT2D eigenvalue weighted by atomic mass is 16.4. The van der Waals surface area contributed by atoms with E-state index in [9.17, 15) is 14.7 Å². The van der Waals surface area contributed by atoms with Crippen LogP contribution in [0.4, 0.5) is 4.79 Å². The monoisotopic (exact) mass is 283 g/mol. The maximum Gasteiger partial charge on any atom is 0.314 e. The van der Waals surface area contributed by atoms with Gasteiger partial charge in [0.1, 0.15) is 0 Å². The lowest BCUT2D eigenvalue weighted by Crippen LogP contribution is -2.50. The fourth-order valence-corrected chi connectivity index (χ4v) is 2.99. The Labute approximate surface area is 119 Å². The van der Waals surface area contributed by atoms with Crippen molar-refractivity contribution in [3.05, 3.63) is 0 Å². The van der Waals surface area contributed by atoms with Gasteiger partial charge in [-0.1, -0.05) is 13.3 Å². The second-order valence-electron chi connectivity index (χ2n) is 6.05. The van der Waals surface area contributed by atoms with Crippen molar-refractivity contribution in [2.45, 2.75) is 32.6 Å². The van der Waals surface area contributed by atoms with E-state index in [4.69, 9.17) is 0 Å². The van der Waals surface area contributed by atoms with E-state index in [1.54, 1.807) is 0 Å². The Morgan fingerprint density at radius 1 is 1.35 bits per heavy atom. The number of carbonyl (C=O) groups is 2. The number of carboxylic acid groups (broad SMARTS) is 1. The second-order valence-corrected chi connectivity index (χ2v) is 6.05. The second kappa shape index (κ2) is 6.43.